The first-order chi connectivity index (χ1) is 15.8. The topological polar surface area (TPSA) is 90.5 Å². The zero-order valence-corrected chi connectivity index (χ0v) is 18.8. The van der Waals surface area contributed by atoms with E-state index < -0.39 is 41.6 Å². The molecule has 1 aliphatic heterocycles. The third kappa shape index (κ3) is 6.69. The quantitative estimate of drug-likeness (QED) is 0.537. The van der Waals surface area contributed by atoms with Gasteiger partial charge >= 0.3 is 0 Å². The molecule has 1 heterocycles. The number of carbonyl (C=O) groups excluding carboxylic acids is 3. The summed E-state index contributed by atoms with van der Waals surface area (Å²) in [6.45, 7) is 2.56. The number of rotatable bonds is 7. The number of piperidine rings is 1. The summed E-state index contributed by atoms with van der Waals surface area (Å²) in [5, 5.41) is 7.75. The second kappa shape index (κ2) is 11.5. The van der Waals surface area contributed by atoms with Gasteiger partial charge in [-0.1, -0.05) is 19.3 Å². The molecule has 33 heavy (non-hydrogen) atoms. The second-order valence-corrected chi connectivity index (χ2v) is 8.82. The van der Waals surface area contributed by atoms with Gasteiger partial charge in [0.05, 0.1) is 18.3 Å². The molecular weight excluding hydrogens is 437 g/mol. The molecule has 10 heteroatoms. The Kier molecular flexibility index (Phi) is 8.71. The van der Waals surface area contributed by atoms with Crippen molar-refractivity contribution < 1.29 is 27.6 Å². The van der Waals surface area contributed by atoms with Crippen LogP contribution in [0.25, 0.3) is 0 Å². The van der Waals surface area contributed by atoms with Gasteiger partial charge < -0.3 is 16.0 Å². The molecule has 0 radical (unpaired) electrons. The van der Waals surface area contributed by atoms with Crippen molar-refractivity contribution >= 4 is 23.4 Å². The van der Waals surface area contributed by atoms with E-state index in [0.717, 1.165) is 44.6 Å². The minimum Gasteiger partial charge on any atom is -0.353 e. The van der Waals surface area contributed by atoms with E-state index in [4.69, 9.17) is 0 Å². The van der Waals surface area contributed by atoms with E-state index in [-0.39, 0.29) is 23.8 Å². The molecule has 3 N–H and O–H groups in total. The number of likely N-dealkylation sites (tertiary alicyclic amines) is 1. The van der Waals surface area contributed by atoms with E-state index in [9.17, 15) is 27.6 Å². The standard InChI is InChI=1S/C23H31F3N4O3/c1-14(22(32)27-13-19(31)29-18-8-7-17(24)20(25)21(18)26)30-11-9-16(10-12-30)28-23(33)15-5-3-2-4-6-15/h7-8,14-16H,2-6,9-13H2,1H3,(H,27,32)(H,28,33)(H,29,31). The monoisotopic (exact) mass is 468 g/mol. The first-order valence-electron chi connectivity index (χ1n) is 11.5. The van der Waals surface area contributed by atoms with Gasteiger partial charge in [0.2, 0.25) is 17.7 Å². The highest BCUT2D eigenvalue weighted by Gasteiger charge is 2.29. The fourth-order valence-corrected chi connectivity index (χ4v) is 4.41. The molecule has 182 valence electrons. The first kappa shape index (κ1) is 25.0. The van der Waals surface area contributed by atoms with Gasteiger partial charge in [0, 0.05) is 25.0 Å². The average molecular weight is 469 g/mol. The molecule has 1 aliphatic carbocycles. The third-order valence-corrected chi connectivity index (χ3v) is 6.51. The zero-order chi connectivity index (χ0) is 24.0. The SMILES string of the molecule is CC(C(=O)NCC(=O)Nc1ccc(F)c(F)c1F)N1CCC(NC(=O)C2CCCCC2)CC1. The maximum Gasteiger partial charge on any atom is 0.243 e. The minimum absolute atomic E-state index is 0.0997. The average Bonchev–Trinajstić information content (AvgIpc) is 2.83. The Hall–Kier alpha value is -2.62. The second-order valence-electron chi connectivity index (χ2n) is 8.82. The van der Waals surface area contributed by atoms with E-state index >= 15 is 0 Å². The van der Waals surface area contributed by atoms with E-state index in [1.54, 1.807) is 6.92 Å². The van der Waals surface area contributed by atoms with Gasteiger partial charge in [-0.25, -0.2) is 13.2 Å². The molecule has 0 spiro atoms. The maximum absolute atomic E-state index is 13.7. The van der Waals surface area contributed by atoms with Gasteiger partial charge in [-0.2, -0.15) is 0 Å². The largest absolute Gasteiger partial charge is 0.353 e. The van der Waals surface area contributed by atoms with Crippen molar-refractivity contribution in [3.8, 4) is 0 Å². The molecule has 1 saturated heterocycles. The van der Waals surface area contributed by atoms with Crippen molar-refractivity contribution in [2.45, 2.75) is 64.0 Å². The van der Waals surface area contributed by atoms with Crippen molar-refractivity contribution in [2.75, 3.05) is 25.0 Å². The van der Waals surface area contributed by atoms with Gasteiger partial charge in [-0.3, -0.25) is 19.3 Å². The summed E-state index contributed by atoms with van der Waals surface area (Å²) >= 11 is 0. The Morgan fingerprint density at radius 3 is 2.33 bits per heavy atom. The molecule has 1 aromatic carbocycles. The van der Waals surface area contributed by atoms with E-state index in [1.165, 1.54) is 6.42 Å². The number of halogens is 3. The maximum atomic E-state index is 13.7. The summed E-state index contributed by atoms with van der Waals surface area (Å²) in [7, 11) is 0. The molecule has 0 aromatic heterocycles. The number of carbonyl (C=O) groups is 3. The molecule has 1 atom stereocenters. The van der Waals surface area contributed by atoms with Gasteiger partial charge in [0.25, 0.3) is 0 Å². The van der Waals surface area contributed by atoms with Gasteiger partial charge in [-0.15, -0.1) is 0 Å². The van der Waals surface area contributed by atoms with Crippen LogP contribution >= 0.6 is 0 Å². The highest BCUT2D eigenvalue weighted by atomic mass is 19.2. The van der Waals surface area contributed by atoms with Crippen LogP contribution in [0.3, 0.4) is 0 Å². The van der Waals surface area contributed by atoms with Gasteiger partial charge in [0.1, 0.15) is 0 Å². The molecule has 0 bridgehead atoms. The van der Waals surface area contributed by atoms with Crippen LogP contribution in [0.15, 0.2) is 12.1 Å². The number of nitrogens with zero attached hydrogens (tertiary/aromatic N) is 1. The smallest absolute Gasteiger partial charge is 0.243 e. The lowest BCUT2D eigenvalue weighted by atomic mass is 9.88. The van der Waals surface area contributed by atoms with Crippen molar-refractivity contribution in [1.82, 2.24) is 15.5 Å². The predicted molar refractivity (Wildman–Crippen MR) is 117 cm³/mol. The van der Waals surface area contributed by atoms with Crippen LogP contribution in [0.2, 0.25) is 0 Å². The van der Waals surface area contributed by atoms with E-state index in [1.807, 2.05) is 4.90 Å². The highest BCUT2D eigenvalue weighted by molar-refractivity contribution is 5.95. The Bertz CT molecular complexity index is 869. The van der Waals surface area contributed by atoms with Crippen LogP contribution in [0.5, 0.6) is 0 Å². The molecule has 1 aromatic rings. The minimum atomic E-state index is -1.68. The van der Waals surface area contributed by atoms with E-state index in [2.05, 4.69) is 16.0 Å². The lowest BCUT2D eigenvalue weighted by Gasteiger charge is -2.36. The Balaban J connectivity index is 1.39. The zero-order valence-electron chi connectivity index (χ0n) is 18.8. The summed E-state index contributed by atoms with van der Waals surface area (Å²) in [5.74, 6) is -5.41. The summed E-state index contributed by atoms with van der Waals surface area (Å²) in [4.78, 5) is 38.8. The fourth-order valence-electron chi connectivity index (χ4n) is 4.41. The molecule has 1 unspecified atom stereocenters. The molecule has 7 nitrogen and oxygen atoms in total. The highest BCUT2D eigenvalue weighted by Crippen LogP contribution is 2.24. The number of anilines is 1. The fraction of sp³-hybridized carbons (Fsp3) is 0.609. The first-order valence-corrected chi connectivity index (χ1v) is 11.5. The Morgan fingerprint density at radius 2 is 1.67 bits per heavy atom. The van der Waals surface area contributed by atoms with Gasteiger partial charge in [-0.05, 0) is 44.7 Å². The van der Waals surface area contributed by atoms with Crippen molar-refractivity contribution in [2.24, 2.45) is 5.92 Å². The van der Waals surface area contributed by atoms with Crippen molar-refractivity contribution in [3.63, 3.8) is 0 Å². The van der Waals surface area contributed by atoms with Crippen LogP contribution in [-0.2, 0) is 14.4 Å². The predicted octanol–water partition coefficient (Wildman–Crippen LogP) is 2.71. The van der Waals surface area contributed by atoms with Crippen LogP contribution < -0.4 is 16.0 Å². The molecule has 2 aliphatic rings. The Labute approximate surface area is 191 Å². The molecule has 1 saturated carbocycles. The number of benzene rings is 1. The number of amides is 3. The van der Waals surface area contributed by atoms with Crippen molar-refractivity contribution in [3.05, 3.63) is 29.6 Å². The normalized spacial score (nSPS) is 19.0. The molecule has 3 amide bonds. The molecular formula is C23H31F3N4O3. The summed E-state index contributed by atoms with van der Waals surface area (Å²) in [6, 6.07) is 1.22. The van der Waals surface area contributed by atoms with Crippen LogP contribution in [0.4, 0.5) is 18.9 Å². The third-order valence-electron chi connectivity index (χ3n) is 6.51. The molecule has 2 fully saturated rings. The summed E-state index contributed by atoms with van der Waals surface area (Å²) in [5.41, 5.74) is -0.501. The number of hydrogen-bond acceptors (Lipinski definition) is 4. The van der Waals surface area contributed by atoms with Crippen LogP contribution in [0, 0.1) is 23.4 Å². The van der Waals surface area contributed by atoms with E-state index in [0.29, 0.717) is 19.2 Å². The number of nitrogens with one attached hydrogen (secondary N) is 3. The lowest BCUT2D eigenvalue weighted by molar-refractivity contribution is -0.129. The molecule has 3 rings (SSSR count). The number of hydrogen-bond donors (Lipinski definition) is 3. The summed E-state index contributed by atoms with van der Waals surface area (Å²) in [6.07, 6.45) is 6.81. The van der Waals surface area contributed by atoms with Gasteiger partial charge in [0.15, 0.2) is 17.5 Å². The van der Waals surface area contributed by atoms with Crippen LogP contribution in [0.1, 0.15) is 51.9 Å². The lowest BCUT2D eigenvalue weighted by Crippen LogP contribution is -2.52. The van der Waals surface area contributed by atoms with Crippen LogP contribution in [-0.4, -0.2) is 54.3 Å². The summed E-state index contributed by atoms with van der Waals surface area (Å²) < 4.78 is 39.9. The van der Waals surface area contributed by atoms with Crippen molar-refractivity contribution in [1.29, 1.82) is 0 Å². The Morgan fingerprint density at radius 1 is 1.00 bits per heavy atom.